The van der Waals surface area contributed by atoms with Crippen LogP contribution in [0.15, 0.2) is 24.3 Å². The first-order valence-electron chi connectivity index (χ1n) is 14.1. The Morgan fingerprint density at radius 3 is 0.640 bits per heavy atom. The lowest BCUT2D eigenvalue weighted by Gasteiger charge is -2.44. The SMILES string of the molecule is CC(C)(C)[NH2+]C(C)(C)C.Fc1cc(F)c([B-](c2c(F)cc(F)c(F)c2F)(c2c(F)cc(F)c(F)c2F)c2c(F)cc(F)c(F)c2F)c(F)c1F. The van der Waals surface area contributed by atoms with Crippen molar-refractivity contribution in [2.45, 2.75) is 52.6 Å². The van der Waals surface area contributed by atoms with Crippen LogP contribution in [0.4, 0.5) is 70.2 Å². The molecule has 4 rings (SSSR count). The Morgan fingerprint density at radius 1 is 0.320 bits per heavy atom. The first kappa shape index (κ1) is 40.2. The molecule has 0 aromatic heterocycles. The van der Waals surface area contributed by atoms with E-state index in [1.165, 1.54) is 0 Å². The normalized spacial score (nSPS) is 12.3. The second-order valence-corrected chi connectivity index (χ2v) is 13.3. The second kappa shape index (κ2) is 13.8. The lowest BCUT2D eigenvalue weighted by atomic mass is 9.12. The molecule has 0 saturated heterocycles. The maximum atomic E-state index is 15.3. The Kier molecular flexibility index (Phi) is 11.1. The molecule has 0 aliphatic carbocycles. The fourth-order valence-electron chi connectivity index (χ4n) is 6.07. The number of hydrogen-bond donors (Lipinski definition) is 1. The van der Waals surface area contributed by atoms with Gasteiger partial charge in [0.1, 0.15) is 29.4 Å². The Balaban J connectivity index is 0.000000661. The quantitative estimate of drug-likeness (QED) is 0.108. The molecule has 272 valence electrons. The number of quaternary nitrogens is 1. The highest BCUT2D eigenvalue weighted by atomic mass is 19.2. The molecule has 0 unspecified atom stereocenters. The van der Waals surface area contributed by atoms with Gasteiger partial charge in [-0.3, -0.25) is 0 Å². The third kappa shape index (κ3) is 7.16. The molecule has 18 heteroatoms. The van der Waals surface area contributed by atoms with E-state index in [1.807, 2.05) is 0 Å². The van der Waals surface area contributed by atoms with Crippen LogP contribution in [0.3, 0.4) is 0 Å². The maximum absolute atomic E-state index is 15.3. The minimum atomic E-state index is -6.18. The van der Waals surface area contributed by atoms with E-state index in [0.717, 1.165) is 0 Å². The Bertz CT molecular complexity index is 1710. The van der Waals surface area contributed by atoms with Gasteiger partial charge in [-0.15, -0.1) is 21.9 Å². The lowest BCUT2D eigenvalue weighted by Crippen LogP contribution is -3.02. The van der Waals surface area contributed by atoms with Crippen LogP contribution in [0.25, 0.3) is 0 Å². The van der Waals surface area contributed by atoms with Crippen LogP contribution in [0.1, 0.15) is 41.5 Å². The number of benzene rings is 4. The molecule has 0 radical (unpaired) electrons. The molecule has 0 heterocycles. The molecule has 1 nitrogen and oxygen atoms in total. The van der Waals surface area contributed by atoms with Crippen LogP contribution in [-0.4, -0.2) is 17.2 Å². The second-order valence-electron chi connectivity index (χ2n) is 13.3. The first-order chi connectivity index (χ1) is 22.7. The lowest BCUT2D eigenvalue weighted by molar-refractivity contribution is -0.772. The summed E-state index contributed by atoms with van der Waals surface area (Å²) in [4.78, 5) is 0. The largest absolute Gasteiger partial charge is 0.338 e. The summed E-state index contributed by atoms with van der Waals surface area (Å²) in [6.45, 7) is 13.4. The third-order valence-corrected chi connectivity index (χ3v) is 7.20. The van der Waals surface area contributed by atoms with Crippen molar-refractivity contribution in [2.24, 2.45) is 0 Å². The summed E-state index contributed by atoms with van der Waals surface area (Å²) in [6, 6.07) is -2.92. The molecule has 2 N–H and O–H groups in total. The highest BCUT2D eigenvalue weighted by Crippen LogP contribution is 2.27. The number of rotatable bonds is 4. The number of hydrogen-bond acceptors (Lipinski definition) is 0. The molecule has 4 aromatic carbocycles. The summed E-state index contributed by atoms with van der Waals surface area (Å²) in [5, 5.41) is 2.38. The Hall–Kier alpha value is -4.22. The van der Waals surface area contributed by atoms with Crippen LogP contribution < -0.4 is 27.2 Å². The maximum Gasteiger partial charge on any atom is 0.191 e. The molecule has 0 aliphatic heterocycles. The third-order valence-electron chi connectivity index (χ3n) is 7.20. The molecule has 0 saturated carbocycles. The van der Waals surface area contributed by atoms with E-state index >= 15 is 35.1 Å². The molecule has 4 aromatic rings. The average molecular weight is 737 g/mol. The molecule has 0 atom stereocenters. The zero-order valence-corrected chi connectivity index (χ0v) is 26.5. The van der Waals surface area contributed by atoms with E-state index in [4.69, 9.17) is 0 Å². The fraction of sp³-hybridized carbons (Fsp3) is 0.250. The molecular weight excluding hydrogens is 713 g/mol. The van der Waals surface area contributed by atoms with E-state index < -0.39 is 145 Å². The van der Waals surface area contributed by atoms with E-state index in [2.05, 4.69) is 46.9 Å². The Morgan fingerprint density at radius 2 is 0.500 bits per heavy atom. The molecule has 0 bridgehead atoms. The standard InChI is InChI=1S/C24H4BF16.C8H19N/c26-5-1-9(30)17(34)21(38)13(5)25(14-6(27)2-10(31)18(35)22(14)39,15-7(28)3-11(32)19(36)23(15)40)16-8(29)4-12(33)20(37)24(16)41;1-7(2,3)9-8(4,5)6/h1-4H;9H,1-6H3/q-1;/p+1. The average Bonchev–Trinajstić information content (AvgIpc) is 2.94. The zero-order chi connectivity index (χ0) is 38.6. The van der Waals surface area contributed by atoms with Crippen LogP contribution in [0.2, 0.25) is 0 Å². The van der Waals surface area contributed by atoms with Gasteiger partial charge in [0.25, 0.3) is 0 Å². The van der Waals surface area contributed by atoms with E-state index in [9.17, 15) is 35.1 Å². The van der Waals surface area contributed by atoms with Crippen molar-refractivity contribution in [3.05, 3.63) is 117 Å². The van der Waals surface area contributed by atoms with Gasteiger partial charge in [0.05, 0.1) is 34.3 Å². The van der Waals surface area contributed by atoms with Gasteiger partial charge in [0.15, 0.2) is 46.5 Å². The summed E-state index contributed by atoms with van der Waals surface area (Å²) in [7, 11) is 0. The van der Waals surface area contributed by atoms with Crippen molar-refractivity contribution >= 4 is 28.0 Å². The van der Waals surface area contributed by atoms with Crippen LogP contribution >= 0.6 is 0 Å². The highest BCUT2D eigenvalue weighted by molar-refractivity contribution is 7.20. The first-order valence-corrected chi connectivity index (χ1v) is 14.1. The van der Waals surface area contributed by atoms with Gasteiger partial charge in [0, 0.05) is 24.3 Å². The van der Waals surface area contributed by atoms with Gasteiger partial charge < -0.3 is 5.32 Å². The molecule has 0 aliphatic rings. The van der Waals surface area contributed by atoms with Crippen LogP contribution in [-0.2, 0) is 0 Å². The summed E-state index contributed by atoms with van der Waals surface area (Å²) >= 11 is 0. The predicted octanol–water partition coefficient (Wildman–Crippen LogP) is 6.44. The van der Waals surface area contributed by atoms with Crippen molar-refractivity contribution in [3.8, 4) is 0 Å². The van der Waals surface area contributed by atoms with Gasteiger partial charge in [0.2, 0.25) is 0 Å². The van der Waals surface area contributed by atoms with Gasteiger partial charge >= 0.3 is 0 Å². The number of halogens is 16. The van der Waals surface area contributed by atoms with Crippen LogP contribution in [0.5, 0.6) is 0 Å². The molecule has 0 spiro atoms. The minimum Gasteiger partial charge on any atom is -0.338 e. The zero-order valence-electron chi connectivity index (χ0n) is 26.5. The van der Waals surface area contributed by atoms with Gasteiger partial charge in [-0.2, -0.15) is 0 Å². The Labute approximate surface area is 273 Å². The van der Waals surface area contributed by atoms with Gasteiger partial charge in [-0.25, -0.2) is 70.2 Å². The summed E-state index contributed by atoms with van der Waals surface area (Å²) in [5.74, 6) is -45.1. The van der Waals surface area contributed by atoms with Gasteiger partial charge in [-0.05, 0) is 41.5 Å². The highest BCUT2D eigenvalue weighted by Gasteiger charge is 2.49. The van der Waals surface area contributed by atoms with Crippen molar-refractivity contribution in [2.75, 3.05) is 0 Å². The molecular formula is C32H24BF16N. The molecule has 0 fully saturated rings. The summed E-state index contributed by atoms with van der Waals surface area (Å²) in [5.41, 5.74) is -10.2. The van der Waals surface area contributed by atoms with Gasteiger partial charge in [-0.1, -0.05) is 0 Å². The molecule has 50 heavy (non-hydrogen) atoms. The smallest absolute Gasteiger partial charge is 0.191 e. The topological polar surface area (TPSA) is 16.6 Å². The fourth-order valence-corrected chi connectivity index (χ4v) is 6.07. The summed E-state index contributed by atoms with van der Waals surface area (Å²) < 4.78 is 235. The summed E-state index contributed by atoms with van der Waals surface area (Å²) in [6.07, 6.45) is -6.18. The number of nitrogens with two attached hydrogens (primary N) is 1. The molecule has 0 amide bonds. The van der Waals surface area contributed by atoms with E-state index in [0.29, 0.717) is 11.1 Å². The van der Waals surface area contributed by atoms with Crippen molar-refractivity contribution in [3.63, 3.8) is 0 Å². The van der Waals surface area contributed by atoms with Crippen molar-refractivity contribution < 1.29 is 75.6 Å². The predicted molar refractivity (Wildman–Crippen MR) is 151 cm³/mol. The van der Waals surface area contributed by atoms with Crippen molar-refractivity contribution in [1.29, 1.82) is 0 Å². The van der Waals surface area contributed by atoms with E-state index in [-0.39, 0.29) is 0 Å². The van der Waals surface area contributed by atoms with Crippen LogP contribution in [0, 0.1) is 93.1 Å². The van der Waals surface area contributed by atoms with Crippen molar-refractivity contribution in [1.82, 2.24) is 0 Å². The minimum absolute atomic E-state index is 0.359. The van der Waals surface area contributed by atoms with E-state index in [1.54, 1.807) is 0 Å². The monoisotopic (exact) mass is 737 g/mol.